The summed E-state index contributed by atoms with van der Waals surface area (Å²) in [6.45, 7) is -0.0615. The van der Waals surface area contributed by atoms with Crippen molar-refractivity contribution in [2.24, 2.45) is 7.05 Å². The quantitative estimate of drug-likeness (QED) is 0.838. The van der Waals surface area contributed by atoms with Crippen LogP contribution < -0.4 is 4.72 Å². The van der Waals surface area contributed by atoms with Crippen LogP contribution in [0.15, 0.2) is 34.1 Å². The molecule has 0 bridgehead atoms. The summed E-state index contributed by atoms with van der Waals surface area (Å²) in [5.41, 5.74) is 0.703. The van der Waals surface area contributed by atoms with E-state index in [2.05, 4.69) is 9.82 Å². The molecule has 0 aliphatic heterocycles. The van der Waals surface area contributed by atoms with E-state index in [1.54, 1.807) is 18.5 Å². The second kappa shape index (κ2) is 5.19. The van der Waals surface area contributed by atoms with Crippen LogP contribution in [0.5, 0.6) is 0 Å². The number of hydrogen-bond acceptors (Lipinski definition) is 5. The maximum atomic E-state index is 11.8. The first-order valence-corrected chi connectivity index (χ1v) is 7.60. The van der Waals surface area contributed by atoms with Crippen LogP contribution in [0.1, 0.15) is 11.7 Å². The van der Waals surface area contributed by atoms with E-state index in [4.69, 9.17) is 0 Å². The summed E-state index contributed by atoms with van der Waals surface area (Å²) in [5.74, 6) is 0. The molecule has 0 aliphatic rings. The minimum Gasteiger partial charge on any atom is -0.387 e. The summed E-state index contributed by atoms with van der Waals surface area (Å²) in [6, 6.07) is 1.76. The molecule has 2 aromatic rings. The van der Waals surface area contributed by atoms with Gasteiger partial charge in [0.25, 0.3) is 0 Å². The Morgan fingerprint density at radius 3 is 2.94 bits per heavy atom. The highest BCUT2D eigenvalue weighted by molar-refractivity contribution is 7.89. The number of sulfonamides is 1. The van der Waals surface area contributed by atoms with Crippen LogP contribution in [-0.4, -0.2) is 29.8 Å². The number of nitrogens with one attached hydrogen (secondary N) is 1. The Morgan fingerprint density at radius 2 is 2.39 bits per heavy atom. The Bertz CT molecular complexity index is 604. The molecule has 1 atom stereocenters. The number of thiophene rings is 1. The van der Waals surface area contributed by atoms with E-state index in [-0.39, 0.29) is 11.4 Å². The average Bonchev–Trinajstić information content (AvgIpc) is 2.96. The molecule has 0 saturated heterocycles. The van der Waals surface area contributed by atoms with Gasteiger partial charge in [0, 0.05) is 19.8 Å². The van der Waals surface area contributed by atoms with Crippen LogP contribution in [0.3, 0.4) is 0 Å². The van der Waals surface area contributed by atoms with Crippen molar-refractivity contribution in [3.8, 4) is 0 Å². The molecule has 18 heavy (non-hydrogen) atoms. The molecule has 2 heterocycles. The van der Waals surface area contributed by atoms with E-state index in [1.807, 2.05) is 5.38 Å². The molecule has 2 rings (SSSR count). The number of aryl methyl sites for hydroxylation is 1. The summed E-state index contributed by atoms with van der Waals surface area (Å²) in [6.07, 6.45) is 1.82. The van der Waals surface area contributed by atoms with Crippen molar-refractivity contribution in [3.05, 3.63) is 34.8 Å². The third-order valence-corrected chi connectivity index (χ3v) is 4.47. The number of aromatic nitrogens is 2. The fraction of sp³-hybridized carbons (Fsp3) is 0.300. The number of hydrogen-bond donors (Lipinski definition) is 2. The van der Waals surface area contributed by atoms with Crippen molar-refractivity contribution >= 4 is 21.4 Å². The van der Waals surface area contributed by atoms with Gasteiger partial charge in [-0.05, 0) is 22.4 Å². The predicted molar refractivity (Wildman–Crippen MR) is 67.7 cm³/mol. The van der Waals surface area contributed by atoms with E-state index in [1.165, 1.54) is 28.4 Å². The van der Waals surface area contributed by atoms with Gasteiger partial charge in [-0.15, -0.1) is 0 Å². The normalized spacial score (nSPS) is 13.7. The highest BCUT2D eigenvalue weighted by Gasteiger charge is 2.18. The number of aliphatic hydroxyl groups is 1. The molecule has 0 amide bonds. The maximum Gasteiger partial charge on any atom is 0.243 e. The Labute approximate surface area is 109 Å². The first kappa shape index (κ1) is 13.2. The van der Waals surface area contributed by atoms with E-state index in [0.29, 0.717) is 5.56 Å². The second-order valence-corrected chi connectivity index (χ2v) is 6.32. The molecule has 2 aromatic heterocycles. The molecule has 0 saturated carbocycles. The minimum atomic E-state index is -3.62. The van der Waals surface area contributed by atoms with Gasteiger partial charge < -0.3 is 5.11 Å². The van der Waals surface area contributed by atoms with Gasteiger partial charge in [-0.3, -0.25) is 4.68 Å². The first-order chi connectivity index (χ1) is 8.49. The van der Waals surface area contributed by atoms with Crippen molar-refractivity contribution in [2.75, 3.05) is 6.54 Å². The van der Waals surface area contributed by atoms with Gasteiger partial charge in [0.1, 0.15) is 4.90 Å². The average molecular weight is 287 g/mol. The fourth-order valence-electron chi connectivity index (χ4n) is 1.39. The lowest BCUT2D eigenvalue weighted by Crippen LogP contribution is -2.28. The summed E-state index contributed by atoms with van der Waals surface area (Å²) in [7, 11) is -1.98. The molecule has 2 N–H and O–H groups in total. The van der Waals surface area contributed by atoms with E-state index < -0.39 is 16.1 Å². The second-order valence-electron chi connectivity index (χ2n) is 3.77. The van der Waals surface area contributed by atoms with Crippen molar-refractivity contribution in [1.82, 2.24) is 14.5 Å². The van der Waals surface area contributed by atoms with E-state index in [0.717, 1.165) is 0 Å². The van der Waals surface area contributed by atoms with Crippen LogP contribution >= 0.6 is 11.3 Å². The molecule has 0 radical (unpaired) electrons. The third kappa shape index (κ3) is 2.96. The van der Waals surface area contributed by atoms with Gasteiger partial charge in [0.15, 0.2) is 0 Å². The number of aliphatic hydroxyl groups excluding tert-OH is 1. The van der Waals surface area contributed by atoms with Crippen LogP contribution in [0.25, 0.3) is 0 Å². The minimum absolute atomic E-state index is 0.0615. The smallest absolute Gasteiger partial charge is 0.243 e. The summed E-state index contributed by atoms with van der Waals surface area (Å²) < 4.78 is 27.4. The van der Waals surface area contributed by atoms with Gasteiger partial charge in [0.2, 0.25) is 10.0 Å². The van der Waals surface area contributed by atoms with Gasteiger partial charge in [0.05, 0.1) is 12.3 Å². The Hall–Kier alpha value is -1.22. The summed E-state index contributed by atoms with van der Waals surface area (Å²) in [5, 5.41) is 17.2. The maximum absolute atomic E-state index is 11.8. The third-order valence-electron chi connectivity index (χ3n) is 2.39. The van der Waals surface area contributed by atoms with Crippen molar-refractivity contribution in [2.45, 2.75) is 11.0 Å². The standard InChI is InChI=1S/C10H13N3O3S2/c1-13-6-9(4-11-13)18(15,16)12-5-10(14)8-2-3-17-7-8/h2-4,6-7,10,12,14H,5H2,1H3. The van der Waals surface area contributed by atoms with Gasteiger partial charge in [-0.1, -0.05) is 0 Å². The lowest BCUT2D eigenvalue weighted by atomic mass is 10.2. The van der Waals surface area contributed by atoms with E-state index >= 15 is 0 Å². The Kier molecular flexibility index (Phi) is 3.81. The van der Waals surface area contributed by atoms with Crippen LogP contribution in [0, 0.1) is 0 Å². The van der Waals surface area contributed by atoms with E-state index in [9.17, 15) is 13.5 Å². The fourth-order valence-corrected chi connectivity index (χ4v) is 3.12. The van der Waals surface area contributed by atoms with Gasteiger partial charge >= 0.3 is 0 Å². The topological polar surface area (TPSA) is 84.2 Å². The number of nitrogens with zero attached hydrogens (tertiary/aromatic N) is 2. The zero-order valence-electron chi connectivity index (χ0n) is 9.65. The molecule has 0 fully saturated rings. The zero-order valence-corrected chi connectivity index (χ0v) is 11.3. The van der Waals surface area contributed by atoms with Crippen molar-refractivity contribution in [1.29, 1.82) is 0 Å². The molecule has 0 aliphatic carbocycles. The monoisotopic (exact) mass is 287 g/mol. The first-order valence-electron chi connectivity index (χ1n) is 5.17. The van der Waals surface area contributed by atoms with Crippen molar-refractivity contribution < 1.29 is 13.5 Å². The highest BCUT2D eigenvalue weighted by atomic mass is 32.2. The molecule has 1 unspecified atom stereocenters. The Morgan fingerprint density at radius 1 is 1.61 bits per heavy atom. The lowest BCUT2D eigenvalue weighted by Gasteiger charge is -2.09. The highest BCUT2D eigenvalue weighted by Crippen LogP contribution is 2.16. The zero-order chi connectivity index (χ0) is 13.2. The number of rotatable bonds is 5. The summed E-state index contributed by atoms with van der Waals surface area (Å²) in [4.78, 5) is 0.0857. The SMILES string of the molecule is Cn1cc(S(=O)(=O)NCC(O)c2ccsc2)cn1. The largest absolute Gasteiger partial charge is 0.387 e. The Balaban J connectivity index is 2.02. The molecule has 0 aromatic carbocycles. The van der Waals surface area contributed by atoms with Gasteiger partial charge in [-0.2, -0.15) is 16.4 Å². The van der Waals surface area contributed by atoms with Crippen LogP contribution in [-0.2, 0) is 17.1 Å². The van der Waals surface area contributed by atoms with Gasteiger partial charge in [-0.25, -0.2) is 13.1 Å². The molecule has 98 valence electrons. The predicted octanol–water partition coefficient (Wildman–Crippen LogP) is 0.493. The summed E-state index contributed by atoms with van der Waals surface area (Å²) >= 11 is 1.45. The lowest BCUT2D eigenvalue weighted by molar-refractivity contribution is 0.182. The molecular weight excluding hydrogens is 274 g/mol. The molecular formula is C10H13N3O3S2. The van der Waals surface area contributed by atoms with Crippen LogP contribution in [0.4, 0.5) is 0 Å². The molecule has 6 nitrogen and oxygen atoms in total. The van der Waals surface area contributed by atoms with Crippen LogP contribution in [0.2, 0.25) is 0 Å². The molecule has 8 heteroatoms. The molecule has 0 spiro atoms. The van der Waals surface area contributed by atoms with Crippen molar-refractivity contribution in [3.63, 3.8) is 0 Å².